The first kappa shape index (κ1) is 30.5. The van der Waals surface area contributed by atoms with Crippen LogP contribution in [0.25, 0.3) is 87.3 Å². The van der Waals surface area contributed by atoms with E-state index in [1.807, 2.05) is 12.1 Å². The van der Waals surface area contributed by atoms with Crippen LogP contribution in [0, 0.1) is 0 Å². The van der Waals surface area contributed by atoms with Crippen molar-refractivity contribution in [1.29, 1.82) is 0 Å². The Hall–Kier alpha value is -7.16. The number of benzene rings is 10. The highest BCUT2D eigenvalue weighted by molar-refractivity contribution is 6.20. The summed E-state index contributed by atoms with van der Waals surface area (Å²) in [6, 6.07) is 72.3. The third kappa shape index (κ3) is 4.88. The van der Waals surface area contributed by atoms with Crippen molar-refractivity contribution in [3.05, 3.63) is 200 Å². The highest BCUT2D eigenvalue weighted by Gasteiger charge is 2.20. The number of anilines is 3. The van der Waals surface area contributed by atoms with Gasteiger partial charge in [0.05, 0.1) is 11.1 Å². The summed E-state index contributed by atoms with van der Waals surface area (Å²) in [4.78, 5) is 2.36. The van der Waals surface area contributed by atoms with E-state index in [4.69, 9.17) is 4.42 Å². The van der Waals surface area contributed by atoms with Crippen LogP contribution >= 0.6 is 0 Å². The van der Waals surface area contributed by atoms with Crippen LogP contribution in [0.4, 0.5) is 17.1 Å². The van der Waals surface area contributed by atoms with Gasteiger partial charge in [-0.3, -0.25) is 0 Å². The van der Waals surface area contributed by atoms with Crippen LogP contribution in [0.1, 0.15) is 0 Å². The topological polar surface area (TPSA) is 16.4 Å². The van der Waals surface area contributed by atoms with Crippen molar-refractivity contribution in [2.24, 2.45) is 0 Å². The van der Waals surface area contributed by atoms with Crippen molar-refractivity contribution < 1.29 is 4.42 Å². The lowest BCUT2D eigenvalue weighted by Crippen LogP contribution is -2.10. The van der Waals surface area contributed by atoms with Gasteiger partial charge in [0.1, 0.15) is 11.2 Å². The van der Waals surface area contributed by atoms with Crippen LogP contribution in [0.5, 0.6) is 0 Å². The van der Waals surface area contributed by atoms with Crippen molar-refractivity contribution in [3.63, 3.8) is 0 Å². The summed E-state index contributed by atoms with van der Waals surface area (Å²) in [6.07, 6.45) is 0. The van der Waals surface area contributed by atoms with Crippen LogP contribution in [0.2, 0.25) is 0 Å². The zero-order valence-electron chi connectivity index (χ0n) is 29.4. The van der Waals surface area contributed by atoms with Crippen LogP contribution in [0.3, 0.4) is 0 Å². The fourth-order valence-corrected chi connectivity index (χ4v) is 8.44. The summed E-state index contributed by atoms with van der Waals surface area (Å²) >= 11 is 0. The monoisotopic (exact) mass is 687 g/mol. The van der Waals surface area contributed by atoms with Crippen molar-refractivity contribution >= 4 is 82.1 Å². The Morgan fingerprint density at radius 1 is 0.315 bits per heavy atom. The minimum Gasteiger partial charge on any atom is -0.456 e. The highest BCUT2D eigenvalue weighted by Crippen LogP contribution is 2.44. The average Bonchev–Trinajstić information content (AvgIpc) is 3.63. The quantitative estimate of drug-likeness (QED) is 0.168. The zero-order valence-corrected chi connectivity index (χ0v) is 29.4. The number of nitrogens with zero attached hydrogens (tertiary/aromatic N) is 1. The zero-order chi connectivity index (χ0) is 35.6. The van der Waals surface area contributed by atoms with E-state index in [0.29, 0.717) is 0 Å². The minimum atomic E-state index is 0.874. The van der Waals surface area contributed by atoms with E-state index in [1.165, 1.54) is 65.3 Å². The maximum absolute atomic E-state index is 6.38. The van der Waals surface area contributed by atoms with Gasteiger partial charge in [0, 0.05) is 16.8 Å². The second kappa shape index (κ2) is 12.2. The van der Waals surface area contributed by atoms with Gasteiger partial charge < -0.3 is 9.32 Å². The Morgan fingerprint density at radius 3 is 1.63 bits per heavy atom. The average molecular weight is 688 g/mol. The molecule has 0 amide bonds. The second-order valence-electron chi connectivity index (χ2n) is 14.1. The summed E-state index contributed by atoms with van der Waals surface area (Å²) in [5.41, 5.74) is 9.78. The van der Waals surface area contributed by atoms with Gasteiger partial charge in [0.25, 0.3) is 0 Å². The highest BCUT2D eigenvalue weighted by atomic mass is 16.3. The number of hydrogen-bond donors (Lipinski definition) is 0. The molecular weight excluding hydrogens is 655 g/mol. The van der Waals surface area contributed by atoms with Crippen molar-refractivity contribution in [2.45, 2.75) is 0 Å². The molecule has 1 heterocycles. The molecule has 0 atom stereocenters. The van der Waals surface area contributed by atoms with Crippen LogP contribution in [-0.2, 0) is 0 Å². The van der Waals surface area contributed by atoms with E-state index in [0.717, 1.165) is 39.0 Å². The van der Waals surface area contributed by atoms with Gasteiger partial charge in [-0.2, -0.15) is 0 Å². The third-order valence-corrected chi connectivity index (χ3v) is 11.0. The Bertz CT molecular complexity index is 3200. The van der Waals surface area contributed by atoms with E-state index in [2.05, 4.69) is 193 Å². The normalized spacial score (nSPS) is 11.7. The molecule has 10 aromatic carbocycles. The van der Waals surface area contributed by atoms with Crippen molar-refractivity contribution in [3.8, 4) is 22.3 Å². The summed E-state index contributed by atoms with van der Waals surface area (Å²) < 4.78 is 6.38. The number of rotatable bonds is 5. The lowest BCUT2D eigenvalue weighted by molar-refractivity contribution is 0.669. The second-order valence-corrected chi connectivity index (χ2v) is 14.1. The van der Waals surface area contributed by atoms with E-state index < -0.39 is 0 Å². The first-order valence-corrected chi connectivity index (χ1v) is 18.5. The Morgan fingerprint density at radius 2 is 0.852 bits per heavy atom. The minimum absolute atomic E-state index is 0.874. The Balaban J connectivity index is 1.05. The van der Waals surface area contributed by atoms with Gasteiger partial charge in [-0.1, -0.05) is 152 Å². The predicted molar refractivity (Wildman–Crippen MR) is 229 cm³/mol. The van der Waals surface area contributed by atoms with Gasteiger partial charge in [0.15, 0.2) is 0 Å². The molecule has 0 N–H and O–H groups in total. The van der Waals surface area contributed by atoms with Crippen molar-refractivity contribution in [1.82, 2.24) is 0 Å². The molecule has 0 fully saturated rings. The molecule has 0 saturated heterocycles. The number of hydrogen-bond acceptors (Lipinski definition) is 2. The number of furan rings is 1. The molecule has 0 spiro atoms. The first-order valence-electron chi connectivity index (χ1n) is 18.5. The van der Waals surface area contributed by atoms with Gasteiger partial charge in [0.2, 0.25) is 0 Å². The fraction of sp³-hybridized carbons (Fsp3) is 0. The number of para-hydroxylation sites is 1. The molecule has 11 rings (SSSR count). The molecule has 0 radical (unpaired) electrons. The van der Waals surface area contributed by atoms with Gasteiger partial charge in [-0.05, 0) is 114 Å². The molecule has 11 aromatic rings. The molecule has 54 heavy (non-hydrogen) atoms. The van der Waals surface area contributed by atoms with E-state index >= 15 is 0 Å². The van der Waals surface area contributed by atoms with E-state index in [-0.39, 0.29) is 0 Å². The summed E-state index contributed by atoms with van der Waals surface area (Å²) in [5, 5.41) is 12.3. The first-order chi connectivity index (χ1) is 26.8. The summed E-state index contributed by atoms with van der Waals surface area (Å²) in [7, 11) is 0. The molecule has 0 saturated carbocycles. The molecule has 0 aliphatic rings. The molecule has 2 nitrogen and oxygen atoms in total. The molecule has 252 valence electrons. The third-order valence-electron chi connectivity index (χ3n) is 11.0. The van der Waals surface area contributed by atoms with E-state index in [1.54, 1.807) is 0 Å². The lowest BCUT2D eigenvalue weighted by atomic mass is 9.94. The largest absolute Gasteiger partial charge is 0.456 e. The summed E-state index contributed by atoms with van der Waals surface area (Å²) in [5.74, 6) is 0. The standard InChI is InChI=1S/C52H33NO/c1-3-12-43-35(9-1)11-7-15-44(43)37-27-31-42(32-28-37)53(48-16-8-18-50-52(48)46-14-5-6-17-49(46)54-50)41-29-25-34(26-30-41)40-24-21-38-20-23-39-22-19-36-10-2-4-13-45(36)51(39)47(38)33-40/h1-33H. The van der Waals surface area contributed by atoms with Crippen LogP contribution in [0.15, 0.2) is 205 Å². The Kier molecular flexibility index (Phi) is 6.90. The molecule has 0 aliphatic heterocycles. The van der Waals surface area contributed by atoms with Gasteiger partial charge in [-0.25, -0.2) is 0 Å². The van der Waals surface area contributed by atoms with Crippen LogP contribution in [-0.4, -0.2) is 0 Å². The van der Waals surface area contributed by atoms with E-state index in [9.17, 15) is 0 Å². The smallest absolute Gasteiger partial charge is 0.137 e. The van der Waals surface area contributed by atoms with Crippen molar-refractivity contribution in [2.75, 3.05) is 4.90 Å². The lowest BCUT2D eigenvalue weighted by Gasteiger charge is -2.26. The summed E-state index contributed by atoms with van der Waals surface area (Å²) in [6.45, 7) is 0. The Labute approximate surface area is 312 Å². The SMILES string of the molecule is c1ccc2c(-c3ccc(N(c4ccc(-c5ccc6ccc7ccc8ccccc8c7c6c5)cc4)c4cccc5oc6ccccc6c45)cc3)cccc2c1. The molecule has 0 unspecified atom stereocenters. The molecular formula is C52H33NO. The molecule has 0 aliphatic carbocycles. The maximum atomic E-state index is 6.38. The molecule has 0 bridgehead atoms. The molecule has 2 heteroatoms. The predicted octanol–water partition coefficient (Wildman–Crippen LogP) is 15.0. The van der Waals surface area contributed by atoms with Gasteiger partial charge in [-0.15, -0.1) is 0 Å². The number of fused-ring (bicyclic) bond motifs is 9. The van der Waals surface area contributed by atoms with Gasteiger partial charge >= 0.3 is 0 Å². The van der Waals surface area contributed by atoms with Crippen LogP contribution < -0.4 is 4.90 Å². The molecule has 1 aromatic heterocycles. The maximum Gasteiger partial charge on any atom is 0.137 e. The fourth-order valence-electron chi connectivity index (χ4n) is 8.44.